The van der Waals surface area contributed by atoms with Crippen molar-refractivity contribution in [3.05, 3.63) is 35.4 Å². The maximum absolute atomic E-state index is 11.7. The van der Waals surface area contributed by atoms with Crippen LogP contribution in [0.5, 0.6) is 0 Å². The molecule has 20 heavy (non-hydrogen) atoms. The second-order valence-electron chi connectivity index (χ2n) is 5.88. The summed E-state index contributed by atoms with van der Waals surface area (Å²) in [4.78, 5) is 0. The summed E-state index contributed by atoms with van der Waals surface area (Å²) < 4.78 is 23.5. The Kier molecular flexibility index (Phi) is 4.86. The minimum absolute atomic E-state index is 0.0520. The Morgan fingerprint density at radius 1 is 1.30 bits per heavy atom. The molecule has 1 aliphatic carbocycles. The fourth-order valence-electron chi connectivity index (χ4n) is 3.26. The number of aliphatic hydroxyl groups is 1. The van der Waals surface area contributed by atoms with E-state index in [1.54, 1.807) is 0 Å². The second-order valence-corrected chi connectivity index (χ2v) is 8.20. The molecule has 2 rings (SSSR count). The standard InChI is InChI=1S/C16H24O3S/c1-3-12-7-4-5-10-15(12)16(17)13-8-6-9-14(11-13)20(2,18)19/h4-5,7,10,13-14,16-17H,3,6,8-9,11H2,1-2H3. The molecule has 0 bridgehead atoms. The van der Waals surface area contributed by atoms with Crippen molar-refractivity contribution in [2.75, 3.05) is 6.26 Å². The van der Waals surface area contributed by atoms with Gasteiger partial charge in [0, 0.05) is 6.26 Å². The third-order valence-corrected chi connectivity index (χ3v) is 6.11. The van der Waals surface area contributed by atoms with Crippen LogP contribution in [0.3, 0.4) is 0 Å². The molecule has 0 aliphatic heterocycles. The van der Waals surface area contributed by atoms with Crippen LogP contribution in [0, 0.1) is 5.92 Å². The molecule has 1 saturated carbocycles. The maximum Gasteiger partial charge on any atom is 0.150 e. The van der Waals surface area contributed by atoms with Gasteiger partial charge in [-0.25, -0.2) is 8.42 Å². The molecule has 3 atom stereocenters. The number of aryl methyl sites for hydroxylation is 1. The first kappa shape index (κ1) is 15.5. The molecule has 0 aromatic heterocycles. The Morgan fingerprint density at radius 3 is 2.65 bits per heavy atom. The average molecular weight is 296 g/mol. The van der Waals surface area contributed by atoms with E-state index in [2.05, 4.69) is 6.92 Å². The zero-order valence-corrected chi connectivity index (χ0v) is 13.1. The summed E-state index contributed by atoms with van der Waals surface area (Å²) in [5.74, 6) is 0.0520. The van der Waals surface area contributed by atoms with Gasteiger partial charge in [-0.05, 0) is 42.7 Å². The predicted molar refractivity (Wildman–Crippen MR) is 81.4 cm³/mol. The largest absolute Gasteiger partial charge is 0.388 e. The summed E-state index contributed by atoms with van der Waals surface area (Å²) in [7, 11) is -3.00. The number of hydrogen-bond donors (Lipinski definition) is 1. The van der Waals surface area contributed by atoms with Crippen LogP contribution in [0.1, 0.15) is 49.8 Å². The Morgan fingerprint density at radius 2 is 2.00 bits per heavy atom. The number of benzene rings is 1. The van der Waals surface area contributed by atoms with E-state index in [1.807, 2.05) is 24.3 Å². The topological polar surface area (TPSA) is 54.4 Å². The molecule has 1 aliphatic rings. The lowest BCUT2D eigenvalue weighted by Gasteiger charge is -2.32. The summed E-state index contributed by atoms with van der Waals surface area (Å²) in [6.45, 7) is 2.08. The first-order chi connectivity index (χ1) is 9.43. The molecular weight excluding hydrogens is 272 g/mol. The van der Waals surface area contributed by atoms with Gasteiger partial charge < -0.3 is 5.11 Å². The molecule has 1 aromatic carbocycles. The maximum atomic E-state index is 11.7. The van der Waals surface area contributed by atoms with Crippen molar-refractivity contribution in [1.82, 2.24) is 0 Å². The minimum atomic E-state index is -3.00. The highest BCUT2D eigenvalue weighted by molar-refractivity contribution is 7.91. The third-order valence-electron chi connectivity index (χ3n) is 4.47. The van der Waals surface area contributed by atoms with E-state index in [0.29, 0.717) is 6.42 Å². The highest BCUT2D eigenvalue weighted by atomic mass is 32.2. The molecule has 0 heterocycles. The molecule has 0 spiro atoms. The highest BCUT2D eigenvalue weighted by Gasteiger charge is 2.33. The van der Waals surface area contributed by atoms with Crippen LogP contribution in [-0.2, 0) is 16.3 Å². The lowest BCUT2D eigenvalue weighted by molar-refractivity contribution is 0.0850. The number of rotatable bonds is 4. The molecule has 1 fully saturated rings. The first-order valence-electron chi connectivity index (χ1n) is 7.38. The Balaban J connectivity index is 2.18. The number of sulfone groups is 1. The normalized spacial score (nSPS) is 25.4. The van der Waals surface area contributed by atoms with Crippen molar-refractivity contribution >= 4 is 9.84 Å². The van der Waals surface area contributed by atoms with E-state index in [-0.39, 0.29) is 11.2 Å². The van der Waals surface area contributed by atoms with Gasteiger partial charge in [0.15, 0.2) is 0 Å². The van der Waals surface area contributed by atoms with E-state index in [0.717, 1.165) is 36.8 Å². The zero-order valence-electron chi connectivity index (χ0n) is 12.2. The molecule has 3 unspecified atom stereocenters. The smallest absolute Gasteiger partial charge is 0.150 e. The van der Waals surface area contributed by atoms with Gasteiger partial charge in [-0.1, -0.05) is 37.6 Å². The molecule has 4 heteroatoms. The molecule has 0 radical (unpaired) electrons. The van der Waals surface area contributed by atoms with E-state index >= 15 is 0 Å². The SMILES string of the molecule is CCc1ccccc1C(O)C1CCCC(S(C)(=O)=O)C1. The van der Waals surface area contributed by atoms with Crippen LogP contribution in [0.15, 0.2) is 24.3 Å². The lowest BCUT2D eigenvalue weighted by Crippen LogP contribution is -2.30. The summed E-state index contributed by atoms with van der Waals surface area (Å²) in [5, 5.41) is 10.4. The second kappa shape index (κ2) is 6.27. The van der Waals surface area contributed by atoms with E-state index in [9.17, 15) is 13.5 Å². The van der Waals surface area contributed by atoms with Gasteiger partial charge in [-0.3, -0.25) is 0 Å². The molecule has 1 aromatic rings. The van der Waals surface area contributed by atoms with Crippen LogP contribution in [0.2, 0.25) is 0 Å². The van der Waals surface area contributed by atoms with E-state index in [4.69, 9.17) is 0 Å². The van der Waals surface area contributed by atoms with Crippen molar-refractivity contribution in [3.63, 3.8) is 0 Å². The van der Waals surface area contributed by atoms with Gasteiger partial charge in [0.25, 0.3) is 0 Å². The molecule has 1 N–H and O–H groups in total. The Hall–Kier alpha value is -0.870. The summed E-state index contributed by atoms with van der Waals surface area (Å²) >= 11 is 0. The summed E-state index contributed by atoms with van der Waals surface area (Å²) in [6.07, 6.45) is 4.76. The fourth-order valence-corrected chi connectivity index (χ4v) is 4.45. The van der Waals surface area contributed by atoms with Gasteiger partial charge in [0.1, 0.15) is 9.84 Å². The quantitative estimate of drug-likeness (QED) is 0.929. The predicted octanol–water partition coefficient (Wildman–Crippen LogP) is 2.89. The zero-order chi connectivity index (χ0) is 14.8. The van der Waals surface area contributed by atoms with Crippen LogP contribution in [0.25, 0.3) is 0 Å². The third kappa shape index (κ3) is 3.41. The van der Waals surface area contributed by atoms with Crippen molar-refractivity contribution in [3.8, 4) is 0 Å². The number of aliphatic hydroxyl groups excluding tert-OH is 1. The van der Waals surface area contributed by atoms with Crippen LogP contribution in [-0.4, -0.2) is 25.0 Å². The van der Waals surface area contributed by atoms with E-state index < -0.39 is 15.9 Å². The van der Waals surface area contributed by atoms with Crippen molar-refractivity contribution in [2.24, 2.45) is 5.92 Å². The Labute approximate surface area is 121 Å². The summed E-state index contributed by atoms with van der Waals surface area (Å²) in [5.41, 5.74) is 2.12. The highest BCUT2D eigenvalue weighted by Crippen LogP contribution is 2.37. The van der Waals surface area contributed by atoms with Gasteiger partial charge in [-0.15, -0.1) is 0 Å². The lowest BCUT2D eigenvalue weighted by atomic mass is 9.81. The van der Waals surface area contributed by atoms with Gasteiger partial charge >= 0.3 is 0 Å². The molecule has 3 nitrogen and oxygen atoms in total. The first-order valence-corrected chi connectivity index (χ1v) is 9.33. The van der Waals surface area contributed by atoms with Gasteiger partial charge in [0.2, 0.25) is 0 Å². The van der Waals surface area contributed by atoms with Crippen molar-refractivity contribution < 1.29 is 13.5 Å². The van der Waals surface area contributed by atoms with Gasteiger partial charge in [0.05, 0.1) is 11.4 Å². The molecule has 112 valence electrons. The molecular formula is C16H24O3S. The molecule has 0 saturated heterocycles. The van der Waals surface area contributed by atoms with Crippen LogP contribution < -0.4 is 0 Å². The summed E-state index contributed by atoms with van der Waals surface area (Å²) in [6, 6.07) is 7.92. The van der Waals surface area contributed by atoms with Crippen molar-refractivity contribution in [1.29, 1.82) is 0 Å². The van der Waals surface area contributed by atoms with Crippen molar-refractivity contribution in [2.45, 2.75) is 50.4 Å². The fraction of sp³-hybridized carbons (Fsp3) is 0.625. The van der Waals surface area contributed by atoms with Gasteiger partial charge in [-0.2, -0.15) is 0 Å². The Bertz CT molecular complexity index is 551. The van der Waals surface area contributed by atoms with Crippen LogP contribution in [0.4, 0.5) is 0 Å². The molecule has 0 amide bonds. The van der Waals surface area contributed by atoms with Crippen LogP contribution >= 0.6 is 0 Å². The minimum Gasteiger partial charge on any atom is -0.388 e. The number of hydrogen-bond acceptors (Lipinski definition) is 3. The monoisotopic (exact) mass is 296 g/mol. The average Bonchev–Trinajstić information content (AvgIpc) is 2.45. The van der Waals surface area contributed by atoms with E-state index in [1.165, 1.54) is 6.26 Å².